The van der Waals surface area contributed by atoms with E-state index in [4.69, 9.17) is 0 Å². The maximum absolute atomic E-state index is 3.68. The van der Waals surface area contributed by atoms with Crippen molar-refractivity contribution in [3.8, 4) is 0 Å². The van der Waals surface area contributed by atoms with Crippen molar-refractivity contribution in [2.75, 3.05) is 0 Å². The van der Waals surface area contributed by atoms with Crippen LogP contribution in [-0.4, -0.2) is 0 Å². The molecule has 0 N–H and O–H groups in total. The Morgan fingerprint density at radius 1 is 0.500 bits per heavy atom. The number of aryl methyl sites for hydroxylation is 2. The first-order valence-electron chi connectivity index (χ1n) is 11.9. The van der Waals surface area contributed by atoms with Crippen LogP contribution in [0.5, 0.6) is 0 Å². The first-order chi connectivity index (χ1) is 12.9. The normalized spacial score (nSPS) is 11.2. The Morgan fingerprint density at radius 2 is 0.846 bits per heavy atom. The Bertz CT molecular complexity index is 371. The van der Waals surface area contributed by atoms with Gasteiger partial charge in [-0.15, -0.1) is 0 Å². The van der Waals surface area contributed by atoms with Gasteiger partial charge >= 0.3 is 0 Å². The van der Waals surface area contributed by atoms with Crippen LogP contribution in [0.15, 0.2) is 18.2 Å². The number of unbranched alkanes of at least 4 members (excludes halogenated alkanes) is 14. The summed E-state index contributed by atoms with van der Waals surface area (Å²) in [5.74, 6) is 0. The molecular formula is C26H45. The zero-order valence-electron chi connectivity index (χ0n) is 18.0. The molecule has 0 bridgehead atoms. The van der Waals surface area contributed by atoms with Crippen molar-refractivity contribution in [2.45, 2.75) is 129 Å². The summed E-state index contributed by atoms with van der Waals surface area (Å²) < 4.78 is 0. The molecule has 1 radical (unpaired) electrons. The zero-order chi connectivity index (χ0) is 18.7. The van der Waals surface area contributed by atoms with Crippen LogP contribution in [0.1, 0.15) is 128 Å². The smallest absolute Gasteiger partial charge is 0.0114 e. The summed E-state index contributed by atoms with van der Waals surface area (Å²) >= 11 is 0. The molecule has 26 heavy (non-hydrogen) atoms. The van der Waals surface area contributed by atoms with E-state index in [0.29, 0.717) is 0 Å². The third-order valence-electron chi connectivity index (χ3n) is 5.52. The summed E-state index contributed by atoms with van der Waals surface area (Å²) in [6, 6.07) is 10.5. The zero-order valence-corrected chi connectivity index (χ0v) is 18.0. The molecule has 0 aromatic heterocycles. The van der Waals surface area contributed by atoms with Crippen molar-refractivity contribution in [1.82, 2.24) is 0 Å². The molecule has 0 heteroatoms. The number of rotatable bonds is 18. The lowest BCUT2D eigenvalue weighted by Crippen LogP contribution is -1.92. The first-order valence-corrected chi connectivity index (χ1v) is 11.9. The molecule has 0 amide bonds. The van der Waals surface area contributed by atoms with Crippen molar-refractivity contribution in [3.63, 3.8) is 0 Å². The Labute approximate surface area is 165 Å². The van der Waals surface area contributed by atoms with Gasteiger partial charge in [0.15, 0.2) is 0 Å². The summed E-state index contributed by atoms with van der Waals surface area (Å²) in [5, 5.41) is 0. The molecule has 0 fully saturated rings. The highest BCUT2D eigenvalue weighted by Crippen LogP contribution is 2.15. The van der Waals surface area contributed by atoms with Crippen LogP contribution in [0.25, 0.3) is 0 Å². The molecule has 0 aliphatic heterocycles. The molecule has 0 aliphatic carbocycles. The molecule has 1 rings (SSSR count). The molecular weight excluding hydrogens is 312 g/mol. The number of hydrogen-bond donors (Lipinski definition) is 0. The van der Waals surface area contributed by atoms with Gasteiger partial charge in [0.1, 0.15) is 0 Å². The Kier molecular flexibility index (Phi) is 15.8. The van der Waals surface area contributed by atoms with Gasteiger partial charge in [0.25, 0.3) is 0 Å². The van der Waals surface area contributed by atoms with Gasteiger partial charge in [-0.1, -0.05) is 122 Å². The van der Waals surface area contributed by atoms with E-state index in [2.05, 4.69) is 38.1 Å². The van der Waals surface area contributed by atoms with Gasteiger partial charge in [-0.25, -0.2) is 0 Å². The molecule has 1 aromatic rings. The molecule has 149 valence electrons. The van der Waals surface area contributed by atoms with Gasteiger partial charge in [-0.05, 0) is 42.9 Å². The van der Waals surface area contributed by atoms with Crippen molar-refractivity contribution in [2.24, 2.45) is 0 Å². The van der Waals surface area contributed by atoms with E-state index in [0.717, 1.165) is 0 Å². The second-order valence-electron chi connectivity index (χ2n) is 8.15. The fraction of sp³-hybridized carbons (Fsp3) is 0.769. The minimum Gasteiger partial charge on any atom is -0.0654 e. The van der Waals surface area contributed by atoms with E-state index >= 15 is 0 Å². The highest BCUT2D eigenvalue weighted by molar-refractivity contribution is 5.22. The standard InChI is InChI=1S/C26H45/c1-3-5-7-9-11-13-15-17-20-25-22-19-23-26(24-25)21-18-16-14-12-10-8-6-4-2/h19,22-23H,3-18,20-21H2,1-2H3. The van der Waals surface area contributed by atoms with Crippen molar-refractivity contribution in [3.05, 3.63) is 35.4 Å². The lowest BCUT2D eigenvalue weighted by Gasteiger charge is -2.06. The van der Waals surface area contributed by atoms with Crippen LogP contribution >= 0.6 is 0 Å². The average Bonchev–Trinajstić information content (AvgIpc) is 2.66. The van der Waals surface area contributed by atoms with E-state index in [9.17, 15) is 0 Å². The van der Waals surface area contributed by atoms with E-state index in [-0.39, 0.29) is 0 Å². The Hall–Kier alpha value is -0.780. The fourth-order valence-corrected chi connectivity index (χ4v) is 3.76. The van der Waals surface area contributed by atoms with Crippen molar-refractivity contribution >= 4 is 0 Å². The SMILES string of the molecule is CCCCCCCCCCc1[c]c(CCCCCCCCCC)ccc1. The third-order valence-corrected chi connectivity index (χ3v) is 5.52. The summed E-state index contributed by atoms with van der Waals surface area (Å²) in [5.41, 5.74) is 2.88. The maximum atomic E-state index is 3.68. The van der Waals surface area contributed by atoms with Gasteiger partial charge in [0, 0.05) is 0 Å². The largest absolute Gasteiger partial charge is 0.0654 e. The molecule has 0 heterocycles. The molecule has 0 nitrogen and oxygen atoms in total. The average molecular weight is 358 g/mol. The van der Waals surface area contributed by atoms with Crippen LogP contribution in [-0.2, 0) is 12.8 Å². The van der Waals surface area contributed by atoms with E-state index < -0.39 is 0 Å². The quantitative estimate of drug-likeness (QED) is 0.230. The first kappa shape index (κ1) is 23.3. The lowest BCUT2D eigenvalue weighted by molar-refractivity contribution is 0.574. The molecule has 0 saturated carbocycles. The lowest BCUT2D eigenvalue weighted by atomic mass is 10.00. The van der Waals surface area contributed by atoms with Crippen LogP contribution < -0.4 is 0 Å². The van der Waals surface area contributed by atoms with Crippen LogP contribution in [0.4, 0.5) is 0 Å². The minimum atomic E-state index is 1.22. The monoisotopic (exact) mass is 357 g/mol. The fourth-order valence-electron chi connectivity index (χ4n) is 3.76. The number of hydrogen-bond acceptors (Lipinski definition) is 0. The maximum Gasteiger partial charge on any atom is -0.0114 e. The van der Waals surface area contributed by atoms with Gasteiger partial charge in [0.05, 0.1) is 0 Å². The van der Waals surface area contributed by atoms with E-state index in [1.165, 1.54) is 127 Å². The van der Waals surface area contributed by atoms with E-state index in [1.807, 2.05) is 0 Å². The molecule has 0 spiro atoms. The second kappa shape index (κ2) is 17.6. The summed E-state index contributed by atoms with van der Waals surface area (Å²) in [7, 11) is 0. The molecule has 0 unspecified atom stereocenters. The summed E-state index contributed by atoms with van der Waals surface area (Å²) in [6.07, 6.45) is 24.9. The van der Waals surface area contributed by atoms with Crippen LogP contribution in [0.2, 0.25) is 0 Å². The van der Waals surface area contributed by atoms with Gasteiger partial charge in [-0.2, -0.15) is 0 Å². The summed E-state index contributed by atoms with van der Waals surface area (Å²) in [6.45, 7) is 4.58. The topological polar surface area (TPSA) is 0 Å². The predicted octanol–water partition coefficient (Wildman–Crippen LogP) is 8.85. The third kappa shape index (κ3) is 13.4. The van der Waals surface area contributed by atoms with Crippen molar-refractivity contribution in [1.29, 1.82) is 0 Å². The molecule has 0 atom stereocenters. The summed E-state index contributed by atoms with van der Waals surface area (Å²) in [4.78, 5) is 0. The Balaban J connectivity index is 2.03. The van der Waals surface area contributed by atoms with Gasteiger partial charge in [-0.3, -0.25) is 0 Å². The number of benzene rings is 1. The second-order valence-corrected chi connectivity index (χ2v) is 8.15. The molecule has 0 saturated heterocycles. The Morgan fingerprint density at radius 3 is 1.23 bits per heavy atom. The van der Waals surface area contributed by atoms with Crippen molar-refractivity contribution < 1.29 is 0 Å². The van der Waals surface area contributed by atoms with E-state index in [1.54, 1.807) is 0 Å². The molecule has 0 aliphatic rings. The van der Waals surface area contributed by atoms with Crippen LogP contribution in [0, 0.1) is 6.07 Å². The molecule has 1 aromatic carbocycles. The highest BCUT2D eigenvalue weighted by Gasteiger charge is 1.99. The van der Waals surface area contributed by atoms with Gasteiger partial charge < -0.3 is 0 Å². The highest BCUT2D eigenvalue weighted by atomic mass is 14.0. The predicted molar refractivity (Wildman–Crippen MR) is 118 cm³/mol. The minimum absolute atomic E-state index is 1.22. The van der Waals surface area contributed by atoms with Gasteiger partial charge in [0.2, 0.25) is 0 Å². The van der Waals surface area contributed by atoms with Crippen LogP contribution in [0.3, 0.4) is 0 Å².